The minimum absolute atomic E-state index is 0.0545. The molecule has 0 amide bonds. The highest BCUT2D eigenvalue weighted by atomic mass is 16.5. The molecule has 0 bridgehead atoms. The first-order chi connectivity index (χ1) is 9.22. The Kier molecular flexibility index (Phi) is 4.10. The summed E-state index contributed by atoms with van der Waals surface area (Å²) in [4.78, 5) is 15.3. The topological polar surface area (TPSA) is 68.7 Å². The van der Waals surface area contributed by atoms with Gasteiger partial charge in [-0.3, -0.25) is 0 Å². The fraction of sp³-hybridized carbons (Fsp3) is 0.143. The second kappa shape index (κ2) is 5.97. The van der Waals surface area contributed by atoms with Gasteiger partial charge in [0.05, 0.1) is 19.3 Å². The van der Waals surface area contributed by atoms with Crippen LogP contribution in [0.3, 0.4) is 0 Å². The smallest absolute Gasteiger partial charge is 0.337 e. The highest BCUT2D eigenvalue weighted by Crippen LogP contribution is 2.20. The number of hydrogen-bond donors (Lipinski definition) is 1. The molecule has 98 valence electrons. The molecule has 0 fully saturated rings. The monoisotopic (exact) mass is 259 g/mol. The average molecular weight is 259 g/mol. The first-order valence-corrected chi connectivity index (χ1v) is 5.65. The molecule has 5 nitrogen and oxygen atoms in total. The molecule has 5 heteroatoms. The van der Waals surface area contributed by atoms with Gasteiger partial charge in [-0.25, -0.2) is 9.78 Å². The molecule has 2 aromatic rings. The number of methoxy groups -OCH3 is 1. The van der Waals surface area contributed by atoms with Crippen molar-refractivity contribution in [1.29, 1.82) is 0 Å². The lowest BCUT2D eigenvalue weighted by atomic mass is 10.2. The van der Waals surface area contributed by atoms with Gasteiger partial charge < -0.3 is 14.6 Å². The number of aliphatic hydroxyl groups excluding tert-OH is 1. The first kappa shape index (κ1) is 13.0. The van der Waals surface area contributed by atoms with Gasteiger partial charge in [0, 0.05) is 12.3 Å². The molecule has 0 aliphatic carbocycles. The number of aromatic nitrogens is 1. The number of ether oxygens (including phenoxy) is 2. The van der Waals surface area contributed by atoms with Crippen LogP contribution in [0.15, 0.2) is 42.6 Å². The number of pyridine rings is 1. The average Bonchev–Trinajstić information content (AvgIpc) is 2.48. The number of rotatable bonds is 4. The number of nitrogens with zero attached hydrogens (tertiary/aromatic N) is 1. The van der Waals surface area contributed by atoms with Crippen LogP contribution in [0.25, 0.3) is 0 Å². The molecule has 1 aromatic carbocycles. The molecule has 0 aliphatic heterocycles. The normalized spacial score (nSPS) is 10.0. The van der Waals surface area contributed by atoms with E-state index < -0.39 is 5.97 Å². The third kappa shape index (κ3) is 3.29. The molecular weight excluding hydrogens is 246 g/mol. The summed E-state index contributed by atoms with van der Waals surface area (Å²) in [6, 6.07) is 9.94. The standard InChI is InChI=1S/C14H13NO4/c1-18-14(17)11-3-5-12(6-4-11)19-13-7-2-10(9-16)8-15-13/h2-8,16H,9H2,1H3. The van der Waals surface area contributed by atoms with Gasteiger partial charge in [0.1, 0.15) is 5.75 Å². The fourth-order valence-corrected chi connectivity index (χ4v) is 1.46. The SMILES string of the molecule is COC(=O)c1ccc(Oc2ccc(CO)cn2)cc1. The molecule has 0 radical (unpaired) electrons. The number of benzene rings is 1. The Bertz CT molecular complexity index is 549. The van der Waals surface area contributed by atoms with Crippen LogP contribution in [0.5, 0.6) is 11.6 Å². The van der Waals surface area contributed by atoms with E-state index >= 15 is 0 Å². The van der Waals surface area contributed by atoms with Gasteiger partial charge in [0.2, 0.25) is 5.88 Å². The first-order valence-electron chi connectivity index (χ1n) is 5.65. The maximum Gasteiger partial charge on any atom is 0.337 e. The fourth-order valence-electron chi connectivity index (χ4n) is 1.46. The summed E-state index contributed by atoms with van der Waals surface area (Å²) in [5, 5.41) is 8.90. The third-order valence-electron chi connectivity index (χ3n) is 2.48. The summed E-state index contributed by atoms with van der Waals surface area (Å²) in [6.45, 7) is -0.0545. The second-order valence-corrected chi connectivity index (χ2v) is 3.78. The number of hydrogen-bond acceptors (Lipinski definition) is 5. The highest BCUT2D eigenvalue weighted by Gasteiger charge is 2.05. The van der Waals surface area contributed by atoms with Crippen LogP contribution in [0.1, 0.15) is 15.9 Å². The van der Waals surface area contributed by atoms with Crippen LogP contribution in [0.2, 0.25) is 0 Å². The van der Waals surface area contributed by atoms with Gasteiger partial charge in [-0.15, -0.1) is 0 Å². The summed E-state index contributed by atoms with van der Waals surface area (Å²) >= 11 is 0. The Hall–Kier alpha value is -2.40. The van der Waals surface area contributed by atoms with Crippen LogP contribution in [-0.2, 0) is 11.3 Å². The van der Waals surface area contributed by atoms with E-state index in [-0.39, 0.29) is 6.61 Å². The highest BCUT2D eigenvalue weighted by molar-refractivity contribution is 5.89. The lowest BCUT2D eigenvalue weighted by molar-refractivity contribution is 0.0600. The van der Waals surface area contributed by atoms with Crippen molar-refractivity contribution in [2.45, 2.75) is 6.61 Å². The van der Waals surface area contributed by atoms with E-state index in [4.69, 9.17) is 9.84 Å². The van der Waals surface area contributed by atoms with Crippen molar-refractivity contribution in [1.82, 2.24) is 4.98 Å². The van der Waals surface area contributed by atoms with Crippen molar-refractivity contribution in [3.05, 3.63) is 53.7 Å². The zero-order chi connectivity index (χ0) is 13.7. The third-order valence-corrected chi connectivity index (χ3v) is 2.48. The van der Waals surface area contributed by atoms with Crippen molar-refractivity contribution < 1.29 is 19.4 Å². The van der Waals surface area contributed by atoms with Crippen LogP contribution in [0, 0.1) is 0 Å². The van der Waals surface area contributed by atoms with Gasteiger partial charge >= 0.3 is 5.97 Å². The Morgan fingerprint density at radius 2 is 1.95 bits per heavy atom. The zero-order valence-electron chi connectivity index (χ0n) is 10.4. The van der Waals surface area contributed by atoms with Crippen molar-refractivity contribution >= 4 is 5.97 Å². The van der Waals surface area contributed by atoms with E-state index in [0.717, 1.165) is 0 Å². The Balaban J connectivity index is 2.08. The maximum atomic E-state index is 11.3. The molecule has 2 rings (SSSR count). The van der Waals surface area contributed by atoms with E-state index in [9.17, 15) is 4.79 Å². The molecule has 0 aliphatic rings. The van der Waals surface area contributed by atoms with Gasteiger partial charge in [-0.2, -0.15) is 0 Å². The summed E-state index contributed by atoms with van der Waals surface area (Å²) in [5.74, 6) is 0.594. The zero-order valence-corrected chi connectivity index (χ0v) is 10.4. The van der Waals surface area contributed by atoms with E-state index in [1.54, 1.807) is 36.4 Å². The van der Waals surface area contributed by atoms with Gasteiger partial charge in [-0.1, -0.05) is 0 Å². The van der Waals surface area contributed by atoms with Crippen LogP contribution < -0.4 is 4.74 Å². The van der Waals surface area contributed by atoms with Gasteiger partial charge in [0.15, 0.2) is 0 Å². The quantitative estimate of drug-likeness (QED) is 0.852. The lowest BCUT2D eigenvalue weighted by Gasteiger charge is -2.05. The molecule has 0 spiro atoms. The predicted octanol–water partition coefficient (Wildman–Crippen LogP) is 2.15. The minimum Gasteiger partial charge on any atom is -0.465 e. The largest absolute Gasteiger partial charge is 0.465 e. The molecule has 1 aromatic heterocycles. The molecule has 0 unspecified atom stereocenters. The molecule has 0 saturated heterocycles. The minimum atomic E-state index is -0.392. The number of carbonyl (C=O) groups excluding carboxylic acids is 1. The maximum absolute atomic E-state index is 11.3. The van der Waals surface area contributed by atoms with E-state index in [1.807, 2.05) is 0 Å². The Labute approximate surface area is 110 Å². The Morgan fingerprint density at radius 3 is 2.47 bits per heavy atom. The van der Waals surface area contributed by atoms with Gasteiger partial charge in [-0.05, 0) is 35.9 Å². The number of esters is 1. The number of carbonyl (C=O) groups is 1. The molecule has 0 saturated carbocycles. The van der Waals surface area contributed by atoms with Crippen molar-refractivity contribution in [2.24, 2.45) is 0 Å². The molecule has 1 N–H and O–H groups in total. The Morgan fingerprint density at radius 1 is 1.21 bits per heavy atom. The van der Waals surface area contributed by atoms with E-state index in [2.05, 4.69) is 9.72 Å². The van der Waals surface area contributed by atoms with Crippen molar-refractivity contribution in [3.8, 4) is 11.6 Å². The molecular formula is C14H13NO4. The van der Waals surface area contributed by atoms with Crippen molar-refractivity contribution in [2.75, 3.05) is 7.11 Å². The molecule has 1 heterocycles. The molecule has 0 atom stereocenters. The molecule has 19 heavy (non-hydrogen) atoms. The van der Waals surface area contributed by atoms with E-state index in [0.29, 0.717) is 22.8 Å². The van der Waals surface area contributed by atoms with E-state index in [1.165, 1.54) is 13.3 Å². The number of aliphatic hydroxyl groups is 1. The second-order valence-electron chi connectivity index (χ2n) is 3.78. The summed E-state index contributed by atoms with van der Waals surface area (Å²) in [5.41, 5.74) is 1.17. The van der Waals surface area contributed by atoms with Crippen LogP contribution in [-0.4, -0.2) is 23.2 Å². The predicted molar refractivity (Wildman–Crippen MR) is 68.0 cm³/mol. The van der Waals surface area contributed by atoms with Crippen LogP contribution >= 0.6 is 0 Å². The summed E-state index contributed by atoms with van der Waals surface area (Å²) in [7, 11) is 1.33. The van der Waals surface area contributed by atoms with Crippen LogP contribution in [0.4, 0.5) is 0 Å². The summed E-state index contributed by atoms with van der Waals surface area (Å²) < 4.78 is 10.1. The lowest BCUT2D eigenvalue weighted by Crippen LogP contribution is -2.00. The van der Waals surface area contributed by atoms with Gasteiger partial charge in [0.25, 0.3) is 0 Å². The van der Waals surface area contributed by atoms with Crippen molar-refractivity contribution in [3.63, 3.8) is 0 Å². The summed E-state index contributed by atoms with van der Waals surface area (Å²) in [6.07, 6.45) is 1.54.